The Morgan fingerprint density at radius 1 is 1.39 bits per heavy atom. The molecule has 1 heterocycles. The van der Waals surface area contributed by atoms with E-state index in [9.17, 15) is 9.50 Å². The number of guanidine groups is 1. The number of rotatable bonds is 6. The number of benzene rings is 1. The maximum atomic E-state index is 13.3. The summed E-state index contributed by atoms with van der Waals surface area (Å²) in [6.45, 7) is 3.27. The van der Waals surface area contributed by atoms with Crippen LogP contribution in [-0.4, -0.2) is 29.6 Å². The van der Waals surface area contributed by atoms with Crippen molar-refractivity contribution in [2.24, 2.45) is 4.99 Å². The summed E-state index contributed by atoms with van der Waals surface area (Å²) in [5.74, 6) is -0.320. The van der Waals surface area contributed by atoms with E-state index < -0.39 is 5.82 Å². The zero-order chi connectivity index (χ0) is 16.7. The van der Waals surface area contributed by atoms with Gasteiger partial charge < -0.3 is 15.7 Å². The number of aliphatic imine (C=N–C) groups is 1. The number of nitrogens with one attached hydrogen (secondary N) is 2. The van der Waals surface area contributed by atoms with Gasteiger partial charge in [0, 0.05) is 37.6 Å². The van der Waals surface area contributed by atoms with Gasteiger partial charge in [-0.2, -0.15) is 0 Å². The number of phenolic OH excluding ortho intramolecular Hbond substituents is 1. The highest BCUT2D eigenvalue weighted by Gasteiger charge is 2.04. The molecule has 0 spiro atoms. The van der Waals surface area contributed by atoms with E-state index in [-0.39, 0.29) is 5.75 Å². The lowest BCUT2D eigenvalue weighted by molar-refractivity contribution is 0.431. The third-order valence-corrected chi connectivity index (χ3v) is 4.48. The first-order valence-corrected chi connectivity index (χ1v) is 8.29. The van der Waals surface area contributed by atoms with E-state index >= 15 is 0 Å². The van der Waals surface area contributed by atoms with Gasteiger partial charge >= 0.3 is 0 Å². The van der Waals surface area contributed by atoms with Crippen molar-refractivity contribution >= 4 is 17.3 Å². The van der Waals surface area contributed by atoms with Crippen molar-refractivity contribution in [2.45, 2.75) is 26.3 Å². The Balaban J connectivity index is 1.77. The number of hydrogen-bond acceptors (Lipinski definition) is 4. The SMILES string of the molecule is CCc1cnc(CCNC(=NC)NCc2ccc(O)c(F)c2)s1. The standard InChI is InChI=1S/C16H21FN4OS/c1-3-12-10-20-15(23-12)6-7-19-16(18-2)21-9-11-4-5-14(22)13(17)8-11/h4-5,8,10,22H,3,6-7,9H2,1-2H3,(H2,18,19,21). The van der Waals surface area contributed by atoms with Crippen LogP contribution in [0.15, 0.2) is 29.4 Å². The van der Waals surface area contributed by atoms with Crippen LogP contribution in [0.1, 0.15) is 22.4 Å². The summed E-state index contributed by atoms with van der Waals surface area (Å²) in [6, 6.07) is 4.31. The van der Waals surface area contributed by atoms with Crippen molar-refractivity contribution in [3.63, 3.8) is 0 Å². The molecule has 0 saturated carbocycles. The molecule has 0 unspecified atom stereocenters. The minimum absolute atomic E-state index is 0.342. The molecular weight excluding hydrogens is 315 g/mol. The third-order valence-electron chi connectivity index (χ3n) is 3.28. The number of halogens is 1. The molecule has 0 radical (unpaired) electrons. The predicted molar refractivity (Wildman–Crippen MR) is 91.5 cm³/mol. The summed E-state index contributed by atoms with van der Waals surface area (Å²) in [7, 11) is 1.69. The van der Waals surface area contributed by atoms with Gasteiger partial charge in [0.25, 0.3) is 0 Å². The Morgan fingerprint density at radius 2 is 2.22 bits per heavy atom. The molecule has 2 rings (SSSR count). The van der Waals surface area contributed by atoms with Crippen molar-refractivity contribution in [3.05, 3.63) is 45.7 Å². The smallest absolute Gasteiger partial charge is 0.191 e. The van der Waals surface area contributed by atoms with E-state index in [1.54, 1.807) is 24.5 Å². The molecule has 0 fully saturated rings. The van der Waals surface area contributed by atoms with E-state index in [4.69, 9.17) is 0 Å². The highest BCUT2D eigenvalue weighted by atomic mass is 32.1. The lowest BCUT2D eigenvalue weighted by Gasteiger charge is -2.11. The molecular formula is C16H21FN4OS. The van der Waals surface area contributed by atoms with Crippen molar-refractivity contribution < 1.29 is 9.50 Å². The highest BCUT2D eigenvalue weighted by Crippen LogP contribution is 2.16. The Hall–Kier alpha value is -2.15. The van der Waals surface area contributed by atoms with E-state index in [2.05, 4.69) is 27.5 Å². The fourth-order valence-electron chi connectivity index (χ4n) is 1.98. The Kier molecular flexibility index (Phi) is 6.34. The van der Waals surface area contributed by atoms with Gasteiger partial charge in [0.1, 0.15) is 0 Å². The van der Waals surface area contributed by atoms with Crippen LogP contribution in [-0.2, 0) is 19.4 Å². The highest BCUT2D eigenvalue weighted by molar-refractivity contribution is 7.11. The second-order valence-corrected chi connectivity index (χ2v) is 6.16. The fraction of sp³-hybridized carbons (Fsp3) is 0.375. The number of nitrogens with zero attached hydrogens (tertiary/aromatic N) is 2. The molecule has 0 amide bonds. The molecule has 1 aromatic carbocycles. The number of phenols is 1. The summed E-state index contributed by atoms with van der Waals surface area (Å²) < 4.78 is 13.3. The van der Waals surface area contributed by atoms with Crippen LogP contribution in [0.2, 0.25) is 0 Å². The summed E-state index contributed by atoms with van der Waals surface area (Å²) in [5.41, 5.74) is 0.732. The molecule has 1 aromatic heterocycles. The molecule has 0 atom stereocenters. The van der Waals surface area contributed by atoms with E-state index in [1.165, 1.54) is 17.0 Å². The van der Waals surface area contributed by atoms with Crippen molar-refractivity contribution in [1.29, 1.82) is 0 Å². The van der Waals surface area contributed by atoms with Crippen LogP contribution in [0.5, 0.6) is 5.75 Å². The average Bonchev–Trinajstić information content (AvgIpc) is 3.02. The molecule has 7 heteroatoms. The maximum Gasteiger partial charge on any atom is 0.191 e. The molecule has 23 heavy (non-hydrogen) atoms. The number of aromatic hydroxyl groups is 1. The quantitative estimate of drug-likeness (QED) is 0.560. The molecule has 3 N–H and O–H groups in total. The van der Waals surface area contributed by atoms with Crippen LogP contribution in [0, 0.1) is 5.82 Å². The number of aryl methyl sites for hydroxylation is 1. The van der Waals surface area contributed by atoms with E-state index in [0.717, 1.165) is 30.0 Å². The summed E-state index contributed by atoms with van der Waals surface area (Å²) in [4.78, 5) is 9.79. The molecule has 0 saturated heterocycles. The van der Waals surface area contributed by atoms with Crippen LogP contribution in [0.4, 0.5) is 4.39 Å². The summed E-state index contributed by atoms with van der Waals surface area (Å²) in [6.07, 6.45) is 3.77. The van der Waals surface area contributed by atoms with Crippen LogP contribution in [0.25, 0.3) is 0 Å². The lowest BCUT2D eigenvalue weighted by atomic mass is 10.2. The largest absolute Gasteiger partial charge is 0.505 e. The van der Waals surface area contributed by atoms with E-state index in [1.807, 2.05) is 6.20 Å². The van der Waals surface area contributed by atoms with Gasteiger partial charge in [-0.1, -0.05) is 13.0 Å². The number of aromatic nitrogens is 1. The Labute approximate surface area is 139 Å². The molecule has 0 aliphatic rings. The minimum Gasteiger partial charge on any atom is -0.505 e. The zero-order valence-corrected chi connectivity index (χ0v) is 14.1. The van der Waals surface area contributed by atoms with Crippen molar-refractivity contribution in [1.82, 2.24) is 15.6 Å². The molecule has 0 aliphatic carbocycles. The minimum atomic E-state index is -0.622. The maximum absolute atomic E-state index is 13.3. The second-order valence-electron chi connectivity index (χ2n) is 4.96. The summed E-state index contributed by atoms with van der Waals surface area (Å²) >= 11 is 1.73. The molecule has 0 bridgehead atoms. The predicted octanol–water partition coefficient (Wildman–Crippen LogP) is 2.46. The Morgan fingerprint density at radius 3 is 2.87 bits per heavy atom. The number of hydrogen-bond donors (Lipinski definition) is 3. The fourth-order valence-corrected chi connectivity index (χ4v) is 2.84. The summed E-state index contributed by atoms with van der Waals surface area (Å²) in [5, 5.41) is 16.6. The number of thiazole rings is 1. The van der Waals surface area contributed by atoms with Crippen molar-refractivity contribution in [2.75, 3.05) is 13.6 Å². The van der Waals surface area contributed by atoms with E-state index in [0.29, 0.717) is 12.5 Å². The monoisotopic (exact) mass is 336 g/mol. The first-order chi connectivity index (χ1) is 11.1. The molecule has 0 aliphatic heterocycles. The zero-order valence-electron chi connectivity index (χ0n) is 13.3. The van der Waals surface area contributed by atoms with Crippen LogP contribution < -0.4 is 10.6 Å². The normalized spacial score (nSPS) is 11.5. The molecule has 2 aromatic rings. The Bertz CT molecular complexity index is 672. The van der Waals surface area contributed by atoms with Gasteiger partial charge in [-0.15, -0.1) is 11.3 Å². The van der Waals surface area contributed by atoms with Gasteiger partial charge in [-0.3, -0.25) is 4.99 Å². The van der Waals surface area contributed by atoms with Crippen LogP contribution >= 0.6 is 11.3 Å². The third kappa shape index (κ3) is 5.21. The van der Waals surface area contributed by atoms with Gasteiger partial charge in [0.05, 0.1) is 5.01 Å². The van der Waals surface area contributed by atoms with Gasteiger partial charge in [0.15, 0.2) is 17.5 Å². The molecule has 5 nitrogen and oxygen atoms in total. The average molecular weight is 336 g/mol. The second kappa shape index (κ2) is 8.47. The first kappa shape index (κ1) is 17.2. The van der Waals surface area contributed by atoms with Gasteiger partial charge in [-0.05, 0) is 24.1 Å². The van der Waals surface area contributed by atoms with Gasteiger partial charge in [0.2, 0.25) is 0 Å². The molecule has 124 valence electrons. The lowest BCUT2D eigenvalue weighted by Crippen LogP contribution is -2.37. The van der Waals surface area contributed by atoms with Crippen LogP contribution in [0.3, 0.4) is 0 Å². The van der Waals surface area contributed by atoms with Crippen molar-refractivity contribution in [3.8, 4) is 5.75 Å². The first-order valence-electron chi connectivity index (χ1n) is 7.48. The van der Waals surface area contributed by atoms with Gasteiger partial charge in [-0.25, -0.2) is 9.37 Å². The topological polar surface area (TPSA) is 69.5 Å².